The summed E-state index contributed by atoms with van der Waals surface area (Å²) < 4.78 is 7.68. The van der Waals surface area contributed by atoms with E-state index in [-0.39, 0.29) is 0 Å². The van der Waals surface area contributed by atoms with Crippen LogP contribution in [0.15, 0.2) is 12.5 Å². The Morgan fingerprint density at radius 2 is 2.29 bits per heavy atom. The minimum Gasteiger partial charge on any atom is -0.381 e. The van der Waals surface area contributed by atoms with Gasteiger partial charge in [0.15, 0.2) is 0 Å². The van der Waals surface area contributed by atoms with Crippen molar-refractivity contribution < 1.29 is 4.74 Å². The second-order valence-corrected chi connectivity index (χ2v) is 4.77. The molecule has 0 atom stereocenters. The number of imidazole rings is 1. The summed E-state index contributed by atoms with van der Waals surface area (Å²) in [5, 5.41) is 3.43. The predicted molar refractivity (Wildman–Crippen MR) is 67.8 cm³/mol. The zero-order valence-corrected chi connectivity index (χ0v) is 10.7. The zero-order valence-electron chi connectivity index (χ0n) is 10.7. The number of ether oxygens (including phenoxy) is 1. The minimum atomic E-state index is 0.753. The van der Waals surface area contributed by atoms with Crippen molar-refractivity contribution in [3.8, 4) is 0 Å². The monoisotopic (exact) mass is 237 g/mol. The number of hydrogen-bond acceptors (Lipinski definition) is 3. The highest BCUT2D eigenvalue weighted by molar-refractivity contribution is 4.98. The quantitative estimate of drug-likeness (QED) is 0.767. The van der Waals surface area contributed by atoms with E-state index in [2.05, 4.69) is 21.8 Å². The van der Waals surface area contributed by atoms with Crippen molar-refractivity contribution in [2.24, 2.45) is 5.92 Å². The second kappa shape index (κ2) is 6.77. The maximum absolute atomic E-state index is 5.39. The van der Waals surface area contributed by atoms with Gasteiger partial charge in [-0.15, -0.1) is 0 Å². The van der Waals surface area contributed by atoms with E-state index in [1.807, 2.05) is 12.5 Å². The smallest absolute Gasteiger partial charge is 0.0948 e. The van der Waals surface area contributed by atoms with Crippen molar-refractivity contribution >= 4 is 0 Å². The van der Waals surface area contributed by atoms with E-state index in [9.17, 15) is 0 Å². The molecule has 4 heteroatoms. The second-order valence-electron chi connectivity index (χ2n) is 4.77. The summed E-state index contributed by atoms with van der Waals surface area (Å²) in [4.78, 5) is 4.26. The van der Waals surface area contributed by atoms with Crippen LogP contribution in [0.5, 0.6) is 0 Å². The fourth-order valence-electron chi connectivity index (χ4n) is 2.26. The van der Waals surface area contributed by atoms with Gasteiger partial charge in [0.05, 0.1) is 12.0 Å². The molecule has 96 valence electrons. The first kappa shape index (κ1) is 12.6. The third-order valence-corrected chi connectivity index (χ3v) is 3.33. The molecule has 4 nitrogen and oxygen atoms in total. The minimum absolute atomic E-state index is 0.753. The van der Waals surface area contributed by atoms with Gasteiger partial charge in [-0.2, -0.15) is 0 Å². The predicted octanol–water partition coefficient (Wildman–Crippen LogP) is 1.81. The van der Waals surface area contributed by atoms with Gasteiger partial charge >= 0.3 is 0 Å². The lowest BCUT2D eigenvalue weighted by Crippen LogP contribution is -2.22. The molecule has 1 aliphatic heterocycles. The Balaban J connectivity index is 1.84. The van der Waals surface area contributed by atoms with E-state index in [0.29, 0.717) is 0 Å². The molecule has 1 aromatic rings. The maximum atomic E-state index is 5.39. The van der Waals surface area contributed by atoms with Gasteiger partial charge in [-0.1, -0.05) is 6.92 Å². The van der Waals surface area contributed by atoms with Gasteiger partial charge in [0, 0.05) is 32.5 Å². The molecule has 1 N–H and O–H groups in total. The third-order valence-electron chi connectivity index (χ3n) is 3.33. The van der Waals surface area contributed by atoms with Crippen molar-refractivity contribution in [2.45, 2.75) is 39.3 Å². The maximum Gasteiger partial charge on any atom is 0.0948 e. The summed E-state index contributed by atoms with van der Waals surface area (Å²) >= 11 is 0. The normalized spacial score (nSPS) is 17.5. The van der Waals surface area contributed by atoms with Crippen LogP contribution in [0.2, 0.25) is 0 Å². The molecule has 1 fully saturated rings. The lowest BCUT2D eigenvalue weighted by Gasteiger charge is -2.23. The average Bonchev–Trinajstić information content (AvgIpc) is 2.79. The molecule has 0 bridgehead atoms. The molecular weight excluding hydrogens is 214 g/mol. The Labute approximate surface area is 103 Å². The van der Waals surface area contributed by atoms with Gasteiger partial charge in [0.1, 0.15) is 0 Å². The summed E-state index contributed by atoms with van der Waals surface area (Å²) in [5.41, 5.74) is 1.30. The highest BCUT2D eigenvalue weighted by Crippen LogP contribution is 2.17. The number of rotatable bonds is 6. The van der Waals surface area contributed by atoms with Crippen LogP contribution in [0.25, 0.3) is 0 Å². The van der Waals surface area contributed by atoms with Gasteiger partial charge in [0.2, 0.25) is 0 Å². The fourth-order valence-corrected chi connectivity index (χ4v) is 2.26. The van der Waals surface area contributed by atoms with E-state index in [1.165, 1.54) is 25.0 Å². The first-order valence-electron chi connectivity index (χ1n) is 6.67. The van der Waals surface area contributed by atoms with Crippen molar-refractivity contribution in [3.05, 3.63) is 18.2 Å². The standard InChI is InChI=1S/C13H23N3O/c1-2-5-14-8-13-9-15-11-16(13)10-12-3-6-17-7-4-12/h9,11-12,14H,2-8,10H2,1H3. The van der Waals surface area contributed by atoms with Crippen LogP contribution in [0.4, 0.5) is 0 Å². The molecule has 2 heterocycles. The SMILES string of the molecule is CCCNCc1cncn1CC1CCOCC1. The van der Waals surface area contributed by atoms with Crippen molar-refractivity contribution in [1.82, 2.24) is 14.9 Å². The zero-order chi connectivity index (χ0) is 11.9. The van der Waals surface area contributed by atoms with E-state index in [4.69, 9.17) is 4.74 Å². The summed E-state index contributed by atoms with van der Waals surface area (Å²) in [7, 11) is 0. The first-order valence-corrected chi connectivity index (χ1v) is 6.67. The third kappa shape index (κ3) is 3.82. The van der Waals surface area contributed by atoms with Gasteiger partial charge < -0.3 is 14.6 Å². The Bertz CT molecular complexity index is 318. The van der Waals surface area contributed by atoms with Crippen LogP contribution in [0.1, 0.15) is 31.9 Å². The highest BCUT2D eigenvalue weighted by atomic mass is 16.5. The summed E-state index contributed by atoms with van der Waals surface area (Å²) in [6.45, 7) is 7.11. The van der Waals surface area contributed by atoms with E-state index in [0.717, 1.165) is 38.8 Å². The van der Waals surface area contributed by atoms with E-state index < -0.39 is 0 Å². The number of aromatic nitrogens is 2. The fraction of sp³-hybridized carbons (Fsp3) is 0.769. The van der Waals surface area contributed by atoms with Crippen molar-refractivity contribution in [3.63, 3.8) is 0 Å². The molecule has 17 heavy (non-hydrogen) atoms. The lowest BCUT2D eigenvalue weighted by molar-refractivity contribution is 0.0610. The Kier molecular flexibility index (Phi) is 5.01. The van der Waals surface area contributed by atoms with Crippen LogP contribution in [0.3, 0.4) is 0 Å². The van der Waals surface area contributed by atoms with Crippen LogP contribution in [0, 0.1) is 5.92 Å². The molecule has 1 saturated heterocycles. The molecule has 1 aliphatic rings. The topological polar surface area (TPSA) is 39.1 Å². The van der Waals surface area contributed by atoms with Crippen LogP contribution < -0.4 is 5.32 Å². The summed E-state index contributed by atoms with van der Waals surface area (Å²) in [6.07, 6.45) is 7.47. The number of nitrogens with zero attached hydrogens (tertiary/aromatic N) is 2. The van der Waals surface area contributed by atoms with E-state index >= 15 is 0 Å². The molecule has 0 saturated carbocycles. The van der Waals surface area contributed by atoms with Gasteiger partial charge in [-0.05, 0) is 31.7 Å². The molecule has 1 aromatic heterocycles. The molecule has 2 rings (SSSR count). The molecule has 0 amide bonds. The van der Waals surface area contributed by atoms with Crippen LogP contribution >= 0.6 is 0 Å². The van der Waals surface area contributed by atoms with Crippen LogP contribution in [-0.4, -0.2) is 29.3 Å². The Morgan fingerprint density at radius 3 is 3.06 bits per heavy atom. The number of hydrogen-bond donors (Lipinski definition) is 1. The largest absolute Gasteiger partial charge is 0.381 e. The number of nitrogens with one attached hydrogen (secondary N) is 1. The van der Waals surface area contributed by atoms with Crippen molar-refractivity contribution in [2.75, 3.05) is 19.8 Å². The molecule has 0 spiro atoms. The highest BCUT2D eigenvalue weighted by Gasteiger charge is 2.15. The van der Waals surface area contributed by atoms with Crippen LogP contribution in [-0.2, 0) is 17.8 Å². The van der Waals surface area contributed by atoms with Gasteiger partial charge in [-0.25, -0.2) is 4.98 Å². The van der Waals surface area contributed by atoms with E-state index in [1.54, 1.807) is 0 Å². The van der Waals surface area contributed by atoms with Gasteiger partial charge in [-0.3, -0.25) is 0 Å². The molecule has 0 unspecified atom stereocenters. The molecule has 0 radical (unpaired) electrons. The molecular formula is C13H23N3O. The Hall–Kier alpha value is -0.870. The summed E-state index contributed by atoms with van der Waals surface area (Å²) in [6, 6.07) is 0. The summed E-state index contributed by atoms with van der Waals surface area (Å²) in [5.74, 6) is 0.753. The van der Waals surface area contributed by atoms with Gasteiger partial charge in [0.25, 0.3) is 0 Å². The first-order chi connectivity index (χ1) is 8.40. The molecule has 0 aliphatic carbocycles. The lowest BCUT2D eigenvalue weighted by atomic mass is 10.0. The average molecular weight is 237 g/mol. The Morgan fingerprint density at radius 1 is 1.47 bits per heavy atom. The van der Waals surface area contributed by atoms with Crippen molar-refractivity contribution in [1.29, 1.82) is 0 Å². The molecule has 0 aromatic carbocycles.